The lowest BCUT2D eigenvalue weighted by Crippen LogP contribution is -2.48. The van der Waals surface area contributed by atoms with Gasteiger partial charge in [-0.15, -0.1) is 0 Å². The van der Waals surface area contributed by atoms with Crippen LogP contribution in [0.3, 0.4) is 0 Å². The van der Waals surface area contributed by atoms with Crippen molar-refractivity contribution < 1.29 is 14.7 Å². The van der Waals surface area contributed by atoms with Gasteiger partial charge in [0.1, 0.15) is 6.10 Å². The summed E-state index contributed by atoms with van der Waals surface area (Å²) >= 11 is 0. The Labute approximate surface area is 182 Å². The number of anilines is 1. The Bertz CT molecular complexity index is 1050. The molecule has 3 fully saturated rings. The Kier molecular flexibility index (Phi) is 4.38. The third kappa shape index (κ3) is 2.53. The van der Waals surface area contributed by atoms with Crippen molar-refractivity contribution in [2.45, 2.75) is 45.3 Å². The summed E-state index contributed by atoms with van der Waals surface area (Å²) in [5.41, 5.74) is 0.584. The molecule has 1 spiro atoms. The van der Waals surface area contributed by atoms with Crippen molar-refractivity contribution >= 4 is 17.5 Å². The molecule has 160 valence electrons. The monoisotopic (exact) mass is 416 g/mol. The van der Waals surface area contributed by atoms with E-state index in [2.05, 4.69) is 20.4 Å². The highest BCUT2D eigenvalue weighted by Crippen LogP contribution is 2.70. The van der Waals surface area contributed by atoms with Crippen LogP contribution < -0.4 is 5.01 Å². The molecular weight excluding hydrogens is 388 g/mol. The van der Waals surface area contributed by atoms with E-state index < -0.39 is 17.4 Å². The van der Waals surface area contributed by atoms with E-state index in [0.29, 0.717) is 17.2 Å². The highest BCUT2D eigenvalue weighted by Gasteiger charge is 2.75. The lowest BCUT2D eigenvalue weighted by Gasteiger charge is -2.35. The second kappa shape index (κ2) is 6.79. The van der Waals surface area contributed by atoms with Gasteiger partial charge in [-0.05, 0) is 48.3 Å². The first-order chi connectivity index (χ1) is 14.8. The van der Waals surface area contributed by atoms with Gasteiger partial charge in [-0.2, -0.15) is 0 Å². The van der Waals surface area contributed by atoms with Crippen molar-refractivity contribution in [3.63, 3.8) is 0 Å². The largest absolute Gasteiger partial charge is 0.383 e. The molecule has 1 heterocycles. The first-order valence-electron chi connectivity index (χ1n) is 11.0. The van der Waals surface area contributed by atoms with E-state index in [4.69, 9.17) is 0 Å². The Morgan fingerprint density at radius 2 is 1.71 bits per heavy atom. The van der Waals surface area contributed by atoms with Crippen molar-refractivity contribution in [2.75, 3.05) is 5.01 Å². The smallest absolute Gasteiger partial charge is 0.271 e. The van der Waals surface area contributed by atoms with Crippen LogP contribution in [0.1, 0.15) is 44.8 Å². The van der Waals surface area contributed by atoms with Gasteiger partial charge in [-0.1, -0.05) is 69.0 Å². The standard InChI is InChI=1S/C26H28N2O3/c1-17(22(29)18-10-6-4-7-11-18)23(30)28-21-16-19-14-15-26(21,25(19,2)3)24(31)27(28)20-12-8-5-9-13-20/h4-13,19,21-22,29H,1,14-16H2,2-3H3/t19?,21?,22-,26?/m1/s1. The van der Waals surface area contributed by atoms with Crippen LogP contribution >= 0.6 is 0 Å². The molecule has 1 saturated heterocycles. The molecule has 2 amide bonds. The molecule has 4 atom stereocenters. The number of aliphatic hydroxyl groups is 1. The molecule has 31 heavy (non-hydrogen) atoms. The van der Waals surface area contributed by atoms with E-state index in [1.807, 2.05) is 48.5 Å². The summed E-state index contributed by atoms with van der Waals surface area (Å²) in [4.78, 5) is 27.8. The summed E-state index contributed by atoms with van der Waals surface area (Å²) < 4.78 is 0. The third-order valence-corrected chi connectivity index (χ3v) is 8.15. The fourth-order valence-electron chi connectivity index (χ4n) is 6.33. The van der Waals surface area contributed by atoms with E-state index in [0.717, 1.165) is 19.3 Å². The van der Waals surface area contributed by atoms with Crippen LogP contribution in [0.2, 0.25) is 0 Å². The Morgan fingerprint density at radius 1 is 1.10 bits per heavy atom. The summed E-state index contributed by atoms with van der Waals surface area (Å²) in [7, 11) is 0. The molecule has 1 aliphatic heterocycles. The molecule has 2 aliphatic carbocycles. The van der Waals surface area contributed by atoms with Crippen LogP contribution in [0.4, 0.5) is 5.69 Å². The van der Waals surface area contributed by atoms with E-state index in [1.165, 1.54) is 0 Å². The molecule has 3 aliphatic rings. The fourth-order valence-corrected chi connectivity index (χ4v) is 6.33. The fraction of sp³-hybridized carbons (Fsp3) is 0.385. The number of amides is 2. The number of nitrogens with zero attached hydrogens (tertiary/aromatic N) is 2. The average molecular weight is 417 g/mol. The summed E-state index contributed by atoms with van der Waals surface area (Å²) in [5, 5.41) is 14.0. The summed E-state index contributed by atoms with van der Waals surface area (Å²) in [6.07, 6.45) is 1.47. The normalized spacial score (nSPS) is 29.2. The lowest BCUT2D eigenvalue weighted by molar-refractivity contribution is -0.132. The second-order valence-electron chi connectivity index (χ2n) is 9.62. The molecule has 0 aromatic heterocycles. The molecule has 5 nitrogen and oxygen atoms in total. The minimum atomic E-state index is -1.12. The number of hydrogen-bond donors (Lipinski definition) is 1. The van der Waals surface area contributed by atoms with Crippen molar-refractivity contribution in [1.29, 1.82) is 0 Å². The number of aliphatic hydroxyl groups excluding tert-OH is 1. The average Bonchev–Trinajstić information content (AvgIpc) is 3.31. The minimum absolute atomic E-state index is 0.0101. The molecular formula is C26H28N2O3. The quantitative estimate of drug-likeness (QED) is 0.758. The molecule has 1 N–H and O–H groups in total. The number of fused-ring (bicyclic) bond motifs is 1. The number of para-hydroxylation sites is 1. The number of rotatable bonds is 4. The molecule has 2 aromatic carbocycles. The topological polar surface area (TPSA) is 60.9 Å². The Balaban J connectivity index is 1.58. The number of hydrazine groups is 1. The van der Waals surface area contributed by atoms with Crippen molar-refractivity contribution in [3.8, 4) is 0 Å². The first-order valence-corrected chi connectivity index (χ1v) is 11.0. The molecule has 3 unspecified atom stereocenters. The van der Waals surface area contributed by atoms with E-state index in [9.17, 15) is 14.7 Å². The van der Waals surface area contributed by atoms with Crippen LogP contribution in [-0.4, -0.2) is 28.0 Å². The van der Waals surface area contributed by atoms with E-state index >= 15 is 0 Å². The number of carbonyl (C=O) groups is 2. The third-order valence-electron chi connectivity index (χ3n) is 8.15. The van der Waals surface area contributed by atoms with Crippen LogP contribution in [-0.2, 0) is 9.59 Å². The molecule has 5 heteroatoms. The SMILES string of the molecule is C=C(C(=O)N1C2CC3CCC2(C(=O)N1c1ccccc1)C3(C)C)[C@@H](O)c1ccccc1. The zero-order valence-corrected chi connectivity index (χ0v) is 18.0. The van der Waals surface area contributed by atoms with Gasteiger partial charge in [-0.3, -0.25) is 9.59 Å². The highest BCUT2D eigenvalue weighted by molar-refractivity contribution is 6.08. The van der Waals surface area contributed by atoms with Crippen LogP contribution in [0.15, 0.2) is 72.8 Å². The van der Waals surface area contributed by atoms with Crippen molar-refractivity contribution in [2.24, 2.45) is 16.7 Å². The lowest BCUT2D eigenvalue weighted by atomic mass is 9.67. The van der Waals surface area contributed by atoms with Gasteiger partial charge in [0.05, 0.1) is 17.1 Å². The predicted molar refractivity (Wildman–Crippen MR) is 119 cm³/mol. The maximum Gasteiger partial charge on any atom is 0.271 e. The van der Waals surface area contributed by atoms with E-state index in [1.54, 1.807) is 22.2 Å². The van der Waals surface area contributed by atoms with Gasteiger partial charge in [0.25, 0.3) is 11.8 Å². The Hall–Kier alpha value is -2.92. The van der Waals surface area contributed by atoms with Gasteiger partial charge in [0.15, 0.2) is 0 Å². The van der Waals surface area contributed by atoms with Crippen LogP contribution in [0, 0.1) is 16.7 Å². The van der Waals surface area contributed by atoms with E-state index in [-0.39, 0.29) is 22.9 Å². The van der Waals surface area contributed by atoms with Gasteiger partial charge in [0.2, 0.25) is 0 Å². The Morgan fingerprint density at radius 3 is 2.32 bits per heavy atom. The molecule has 2 bridgehead atoms. The van der Waals surface area contributed by atoms with Crippen LogP contribution in [0.5, 0.6) is 0 Å². The molecule has 0 radical (unpaired) electrons. The van der Waals surface area contributed by atoms with Gasteiger partial charge < -0.3 is 5.11 Å². The first kappa shape index (κ1) is 20.0. The predicted octanol–water partition coefficient (Wildman–Crippen LogP) is 4.26. The number of hydrogen-bond acceptors (Lipinski definition) is 3. The molecule has 2 saturated carbocycles. The maximum atomic E-state index is 14.0. The summed E-state index contributed by atoms with van der Waals surface area (Å²) in [6, 6.07) is 18.2. The minimum Gasteiger partial charge on any atom is -0.383 e. The zero-order valence-electron chi connectivity index (χ0n) is 18.0. The molecule has 5 rings (SSSR count). The van der Waals surface area contributed by atoms with Gasteiger partial charge in [0, 0.05) is 5.57 Å². The van der Waals surface area contributed by atoms with Gasteiger partial charge >= 0.3 is 0 Å². The highest BCUT2D eigenvalue weighted by atomic mass is 16.3. The summed E-state index contributed by atoms with van der Waals surface area (Å²) in [6.45, 7) is 8.31. The number of benzene rings is 2. The van der Waals surface area contributed by atoms with Crippen molar-refractivity contribution in [3.05, 3.63) is 78.4 Å². The van der Waals surface area contributed by atoms with Crippen LogP contribution in [0.25, 0.3) is 0 Å². The van der Waals surface area contributed by atoms with Crippen molar-refractivity contribution in [1.82, 2.24) is 5.01 Å². The second-order valence-corrected chi connectivity index (χ2v) is 9.62. The van der Waals surface area contributed by atoms with Gasteiger partial charge in [-0.25, -0.2) is 10.0 Å². The summed E-state index contributed by atoms with van der Waals surface area (Å²) in [5.74, 6) is 0.00446. The molecule has 2 aromatic rings. The maximum absolute atomic E-state index is 14.0. The number of carbonyl (C=O) groups excluding carboxylic acids is 2. The zero-order chi connectivity index (χ0) is 22.0.